The molecule has 1 aromatic carbocycles. The molecule has 1 aromatic heterocycles. The number of methoxy groups -OCH3 is 1. The molecule has 0 unspecified atom stereocenters. The predicted molar refractivity (Wildman–Crippen MR) is 68.4 cm³/mol. The topological polar surface area (TPSA) is 26.3 Å². The van der Waals surface area contributed by atoms with Crippen LogP contribution >= 0.6 is 27.3 Å². The quantitative estimate of drug-likeness (QED) is 0.803. The van der Waals surface area contributed by atoms with Gasteiger partial charge in [-0.05, 0) is 40.2 Å². The molecule has 2 nitrogen and oxygen atoms in total. The summed E-state index contributed by atoms with van der Waals surface area (Å²) in [6, 6.07) is 7.95. The lowest BCUT2D eigenvalue weighted by Crippen LogP contribution is -2.03. The minimum Gasteiger partial charge on any atom is -0.494 e. The van der Waals surface area contributed by atoms with Crippen molar-refractivity contribution in [3.63, 3.8) is 0 Å². The molecule has 0 N–H and O–H groups in total. The van der Waals surface area contributed by atoms with E-state index in [1.807, 2.05) is 0 Å². The summed E-state index contributed by atoms with van der Waals surface area (Å²) in [4.78, 5) is 12.5. The zero-order valence-electron chi connectivity index (χ0n) is 8.87. The molecular weight excluding hydrogens is 307 g/mol. The van der Waals surface area contributed by atoms with Crippen LogP contribution in [0.15, 0.2) is 34.1 Å². The highest BCUT2D eigenvalue weighted by atomic mass is 79.9. The van der Waals surface area contributed by atoms with Crippen LogP contribution in [0.4, 0.5) is 4.39 Å². The third-order valence-corrected chi connectivity index (χ3v) is 3.85. The monoisotopic (exact) mass is 314 g/mol. The molecule has 5 heteroatoms. The molecule has 17 heavy (non-hydrogen) atoms. The fourth-order valence-electron chi connectivity index (χ4n) is 1.41. The summed E-state index contributed by atoms with van der Waals surface area (Å²) in [7, 11) is 1.37. The minimum atomic E-state index is -0.621. The second-order valence-corrected chi connectivity index (χ2v) is 5.72. The van der Waals surface area contributed by atoms with E-state index in [2.05, 4.69) is 15.9 Å². The zero-order valence-corrected chi connectivity index (χ0v) is 11.3. The molecule has 0 radical (unpaired) electrons. The van der Waals surface area contributed by atoms with E-state index in [0.717, 1.165) is 3.79 Å². The highest BCUT2D eigenvalue weighted by Gasteiger charge is 2.18. The van der Waals surface area contributed by atoms with Crippen molar-refractivity contribution in [2.45, 2.75) is 0 Å². The Morgan fingerprint density at radius 3 is 2.71 bits per heavy atom. The van der Waals surface area contributed by atoms with Crippen molar-refractivity contribution in [2.24, 2.45) is 0 Å². The van der Waals surface area contributed by atoms with Gasteiger partial charge in [0.15, 0.2) is 11.6 Å². The van der Waals surface area contributed by atoms with Crippen LogP contribution in [-0.4, -0.2) is 12.9 Å². The number of hydrogen-bond donors (Lipinski definition) is 0. The van der Waals surface area contributed by atoms with Gasteiger partial charge in [-0.15, -0.1) is 11.3 Å². The van der Waals surface area contributed by atoms with Gasteiger partial charge in [0.25, 0.3) is 0 Å². The van der Waals surface area contributed by atoms with E-state index in [4.69, 9.17) is 4.74 Å². The summed E-state index contributed by atoms with van der Waals surface area (Å²) >= 11 is 4.54. The SMILES string of the molecule is COc1cccc(C(=O)c2ccc(Br)s2)c1F. The Labute approximate surface area is 110 Å². The van der Waals surface area contributed by atoms with Crippen molar-refractivity contribution in [2.75, 3.05) is 7.11 Å². The number of carbonyl (C=O) groups excluding carboxylic acids is 1. The first-order valence-corrected chi connectivity index (χ1v) is 6.37. The lowest BCUT2D eigenvalue weighted by atomic mass is 10.1. The number of halogens is 2. The second kappa shape index (κ2) is 4.98. The van der Waals surface area contributed by atoms with Gasteiger partial charge < -0.3 is 4.74 Å². The summed E-state index contributed by atoms with van der Waals surface area (Å²) < 4.78 is 19.5. The van der Waals surface area contributed by atoms with E-state index in [1.54, 1.807) is 18.2 Å². The maximum absolute atomic E-state index is 13.9. The van der Waals surface area contributed by atoms with Crippen LogP contribution in [0, 0.1) is 5.82 Å². The van der Waals surface area contributed by atoms with Gasteiger partial charge in [0.1, 0.15) is 0 Å². The second-order valence-electron chi connectivity index (χ2n) is 3.25. The third kappa shape index (κ3) is 2.40. The molecule has 0 aliphatic rings. The van der Waals surface area contributed by atoms with E-state index < -0.39 is 5.82 Å². The van der Waals surface area contributed by atoms with Gasteiger partial charge in [-0.2, -0.15) is 0 Å². The van der Waals surface area contributed by atoms with Gasteiger partial charge >= 0.3 is 0 Å². The molecule has 0 saturated carbocycles. The Morgan fingerprint density at radius 1 is 1.35 bits per heavy atom. The number of carbonyl (C=O) groups is 1. The predicted octanol–water partition coefficient (Wildman–Crippen LogP) is 3.89. The van der Waals surface area contributed by atoms with Crippen molar-refractivity contribution in [1.29, 1.82) is 0 Å². The summed E-state index contributed by atoms with van der Waals surface area (Å²) in [6.45, 7) is 0. The van der Waals surface area contributed by atoms with Crippen molar-refractivity contribution < 1.29 is 13.9 Å². The van der Waals surface area contributed by atoms with Crippen LogP contribution in [0.5, 0.6) is 5.75 Å². The number of ketones is 1. The highest BCUT2D eigenvalue weighted by molar-refractivity contribution is 9.11. The minimum absolute atomic E-state index is 0.0266. The van der Waals surface area contributed by atoms with Crippen LogP contribution in [0.2, 0.25) is 0 Å². The zero-order chi connectivity index (χ0) is 12.4. The highest BCUT2D eigenvalue weighted by Crippen LogP contribution is 2.27. The third-order valence-electron chi connectivity index (χ3n) is 2.22. The fraction of sp³-hybridized carbons (Fsp3) is 0.0833. The van der Waals surface area contributed by atoms with Crippen molar-refractivity contribution in [3.8, 4) is 5.75 Å². The molecule has 0 aliphatic heterocycles. The van der Waals surface area contributed by atoms with Crippen molar-refractivity contribution >= 4 is 33.0 Å². The number of thiophene rings is 1. The van der Waals surface area contributed by atoms with Gasteiger partial charge in [0.2, 0.25) is 5.78 Å². The number of rotatable bonds is 3. The molecule has 0 spiro atoms. The van der Waals surface area contributed by atoms with E-state index in [-0.39, 0.29) is 17.1 Å². The van der Waals surface area contributed by atoms with Crippen LogP contribution in [0.25, 0.3) is 0 Å². The first-order valence-electron chi connectivity index (χ1n) is 4.76. The Morgan fingerprint density at radius 2 is 2.12 bits per heavy atom. The van der Waals surface area contributed by atoms with Crippen molar-refractivity contribution in [1.82, 2.24) is 0 Å². The Balaban J connectivity index is 2.44. The van der Waals surface area contributed by atoms with Gasteiger partial charge in [0, 0.05) is 0 Å². The Hall–Kier alpha value is -1.20. The standard InChI is InChI=1S/C12H8BrFO2S/c1-16-8-4-2-3-7(11(8)14)12(15)9-5-6-10(13)17-9/h2-6H,1H3. The molecule has 0 saturated heterocycles. The molecule has 0 bridgehead atoms. The largest absolute Gasteiger partial charge is 0.494 e. The molecule has 0 amide bonds. The fourth-order valence-corrected chi connectivity index (χ4v) is 2.75. The Bertz CT molecular complexity index is 565. The smallest absolute Gasteiger partial charge is 0.206 e. The van der Waals surface area contributed by atoms with Crippen LogP contribution in [0.1, 0.15) is 15.2 Å². The molecule has 0 aliphatic carbocycles. The van der Waals surface area contributed by atoms with Gasteiger partial charge in [-0.1, -0.05) is 6.07 Å². The molecule has 0 atom stereocenters. The normalized spacial score (nSPS) is 10.3. The first-order chi connectivity index (χ1) is 8.13. The summed E-state index contributed by atoms with van der Waals surface area (Å²) in [6.07, 6.45) is 0. The Kier molecular flexibility index (Phi) is 3.59. The maximum Gasteiger partial charge on any atom is 0.206 e. The molecule has 2 rings (SSSR count). The average molecular weight is 315 g/mol. The molecule has 2 aromatic rings. The number of hydrogen-bond acceptors (Lipinski definition) is 3. The molecule has 0 fully saturated rings. The van der Waals surface area contributed by atoms with E-state index in [1.165, 1.54) is 30.6 Å². The molecule has 1 heterocycles. The van der Waals surface area contributed by atoms with Crippen LogP contribution in [-0.2, 0) is 0 Å². The number of ether oxygens (including phenoxy) is 1. The molecule has 88 valence electrons. The van der Waals surface area contributed by atoms with Gasteiger partial charge in [-0.3, -0.25) is 4.79 Å². The average Bonchev–Trinajstić information content (AvgIpc) is 2.75. The number of benzene rings is 1. The van der Waals surface area contributed by atoms with Crippen LogP contribution in [0.3, 0.4) is 0 Å². The van der Waals surface area contributed by atoms with E-state index in [0.29, 0.717) is 4.88 Å². The van der Waals surface area contributed by atoms with Crippen LogP contribution < -0.4 is 4.74 Å². The van der Waals surface area contributed by atoms with Gasteiger partial charge in [-0.25, -0.2) is 4.39 Å². The van der Waals surface area contributed by atoms with Gasteiger partial charge in [0.05, 0.1) is 21.3 Å². The van der Waals surface area contributed by atoms with Crippen molar-refractivity contribution in [3.05, 3.63) is 50.4 Å². The first kappa shape index (κ1) is 12.3. The summed E-state index contributed by atoms with van der Waals surface area (Å²) in [5.41, 5.74) is 0.0266. The molecular formula is C12H8BrFO2S. The van der Waals surface area contributed by atoms with E-state index in [9.17, 15) is 9.18 Å². The maximum atomic E-state index is 13.9. The summed E-state index contributed by atoms with van der Waals surface area (Å²) in [5.74, 6) is -0.881. The lowest BCUT2D eigenvalue weighted by Gasteiger charge is -2.05. The summed E-state index contributed by atoms with van der Waals surface area (Å²) in [5, 5.41) is 0. The lowest BCUT2D eigenvalue weighted by molar-refractivity contribution is 0.103. The van der Waals surface area contributed by atoms with E-state index >= 15 is 0 Å².